The summed E-state index contributed by atoms with van der Waals surface area (Å²) >= 11 is 0. The number of hydrogen-bond acceptors (Lipinski definition) is 2. The summed E-state index contributed by atoms with van der Waals surface area (Å²) in [5, 5.41) is 3.69. The van der Waals surface area contributed by atoms with Gasteiger partial charge >= 0.3 is 0 Å². The van der Waals surface area contributed by atoms with E-state index in [0.29, 0.717) is 12.1 Å². The van der Waals surface area contributed by atoms with Crippen LogP contribution >= 0.6 is 0 Å². The molecule has 0 spiro atoms. The van der Waals surface area contributed by atoms with Crippen molar-refractivity contribution in [2.75, 3.05) is 19.6 Å². The van der Waals surface area contributed by atoms with E-state index in [0.717, 1.165) is 26.1 Å². The average Bonchev–Trinajstić information content (AvgIpc) is 2.36. The largest absolute Gasteiger partial charge is 0.310 e. The van der Waals surface area contributed by atoms with Crippen LogP contribution in [0.2, 0.25) is 0 Å². The lowest BCUT2D eigenvalue weighted by Gasteiger charge is -2.26. The van der Waals surface area contributed by atoms with Crippen LogP contribution in [-0.4, -0.2) is 36.6 Å². The third-order valence-electron chi connectivity index (χ3n) is 3.38. The van der Waals surface area contributed by atoms with Gasteiger partial charge in [0.2, 0.25) is 0 Å². The van der Waals surface area contributed by atoms with Crippen LogP contribution in [0.25, 0.3) is 0 Å². The van der Waals surface area contributed by atoms with Crippen molar-refractivity contribution in [3.05, 3.63) is 35.9 Å². The second-order valence-electron chi connectivity index (χ2n) is 5.14. The van der Waals surface area contributed by atoms with Crippen molar-refractivity contribution in [3.8, 4) is 0 Å². The quantitative estimate of drug-likeness (QED) is 0.761. The molecular weight excluding hydrogens is 220 g/mol. The van der Waals surface area contributed by atoms with Crippen molar-refractivity contribution in [2.24, 2.45) is 0 Å². The Bertz CT molecular complexity index is 306. The third-order valence-corrected chi connectivity index (χ3v) is 3.38. The predicted molar refractivity (Wildman–Crippen MR) is 80.0 cm³/mol. The molecule has 0 aliphatic carbocycles. The first-order valence-electron chi connectivity index (χ1n) is 7.18. The highest BCUT2D eigenvalue weighted by molar-refractivity contribution is 5.15. The van der Waals surface area contributed by atoms with Crippen LogP contribution in [0.4, 0.5) is 0 Å². The number of benzene rings is 1. The van der Waals surface area contributed by atoms with Crippen molar-refractivity contribution in [1.82, 2.24) is 10.2 Å². The first-order valence-corrected chi connectivity index (χ1v) is 7.18. The van der Waals surface area contributed by atoms with Crippen molar-refractivity contribution in [3.63, 3.8) is 0 Å². The Hall–Kier alpha value is -0.860. The fraction of sp³-hybridized carbons (Fsp3) is 0.625. The summed E-state index contributed by atoms with van der Waals surface area (Å²) in [6, 6.07) is 11.8. The fourth-order valence-corrected chi connectivity index (χ4v) is 2.43. The molecule has 102 valence electrons. The number of nitrogens with zero attached hydrogens (tertiary/aromatic N) is 1. The Kier molecular flexibility index (Phi) is 6.99. The summed E-state index contributed by atoms with van der Waals surface area (Å²) in [4.78, 5) is 2.47. The molecule has 18 heavy (non-hydrogen) atoms. The molecule has 2 nitrogen and oxygen atoms in total. The van der Waals surface area contributed by atoms with Gasteiger partial charge in [0.1, 0.15) is 0 Å². The second kappa shape index (κ2) is 8.28. The summed E-state index contributed by atoms with van der Waals surface area (Å²) in [6.45, 7) is 12.4. The van der Waals surface area contributed by atoms with Crippen molar-refractivity contribution in [2.45, 2.75) is 46.2 Å². The molecule has 0 fully saturated rings. The van der Waals surface area contributed by atoms with Gasteiger partial charge in [0.05, 0.1) is 0 Å². The van der Waals surface area contributed by atoms with Gasteiger partial charge in [-0.05, 0) is 38.9 Å². The molecule has 2 atom stereocenters. The minimum Gasteiger partial charge on any atom is -0.310 e. The molecule has 0 radical (unpaired) electrons. The van der Waals surface area contributed by atoms with E-state index in [9.17, 15) is 0 Å². The van der Waals surface area contributed by atoms with E-state index in [1.165, 1.54) is 5.56 Å². The highest BCUT2D eigenvalue weighted by atomic mass is 15.1. The topological polar surface area (TPSA) is 15.3 Å². The van der Waals surface area contributed by atoms with Crippen LogP contribution in [0.5, 0.6) is 0 Å². The van der Waals surface area contributed by atoms with Gasteiger partial charge in [-0.2, -0.15) is 0 Å². The zero-order valence-corrected chi connectivity index (χ0v) is 12.3. The molecule has 0 saturated heterocycles. The van der Waals surface area contributed by atoms with Gasteiger partial charge in [-0.1, -0.05) is 44.2 Å². The minimum atomic E-state index is 0.526. The van der Waals surface area contributed by atoms with Crippen molar-refractivity contribution in [1.29, 1.82) is 0 Å². The van der Waals surface area contributed by atoms with Crippen molar-refractivity contribution >= 4 is 0 Å². The fourth-order valence-electron chi connectivity index (χ4n) is 2.43. The number of rotatable bonds is 8. The Morgan fingerprint density at radius 2 is 1.61 bits per heavy atom. The lowest BCUT2D eigenvalue weighted by atomic mass is 10.1. The normalized spacial score (nSPS) is 14.7. The maximum atomic E-state index is 3.69. The van der Waals surface area contributed by atoms with E-state index in [1.807, 2.05) is 0 Å². The van der Waals surface area contributed by atoms with Crippen LogP contribution in [-0.2, 0) is 6.42 Å². The van der Waals surface area contributed by atoms with Gasteiger partial charge in [-0.15, -0.1) is 0 Å². The van der Waals surface area contributed by atoms with E-state index >= 15 is 0 Å². The summed E-state index contributed by atoms with van der Waals surface area (Å²) < 4.78 is 0. The van der Waals surface area contributed by atoms with E-state index in [4.69, 9.17) is 0 Å². The highest BCUT2D eigenvalue weighted by Gasteiger charge is 2.10. The molecule has 1 rings (SSSR count). The first kappa shape index (κ1) is 15.2. The predicted octanol–water partition coefficient (Wildman–Crippen LogP) is 2.94. The molecule has 1 aromatic rings. The number of likely N-dealkylation sites (N-methyl/N-ethyl adjacent to an activating group) is 1. The van der Waals surface area contributed by atoms with Crippen LogP contribution < -0.4 is 5.32 Å². The van der Waals surface area contributed by atoms with Gasteiger partial charge in [0.15, 0.2) is 0 Å². The van der Waals surface area contributed by atoms with E-state index in [-0.39, 0.29) is 0 Å². The zero-order valence-electron chi connectivity index (χ0n) is 12.3. The average molecular weight is 248 g/mol. The smallest absolute Gasteiger partial charge is 0.0169 e. The van der Waals surface area contributed by atoms with Crippen LogP contribution in [0.1, 0.15) is 33.3 Å². The van der Waals surface area contributed by atoms with Gasteiger partial charge in [-0.3, -0.25) is 0 Å². The number of nitrogens with one attached hydrogen (secondary N) is 1. The molecule has 0 aliphatic heterocycles. The van der Waals surface area contributed by atoms with Gasteiger partial charge < -0.3 is 10.2 Å². The minimum absolute atomic E-state index is 0.526. The number of hydrogen-bond donors (Lipinski definition) is 1. The molecule has 0 bridgehead atoms. The molecule has 0 amide bonds. The Morgan fingerprint density at radius 3 is 2.17 bits per heavy atom. The Morgan fingerprint density at radius 1 is 1.00 bits per heavy atom. The van der Waals surface area contributed by atoms with Gasteiger partial charge in [0, 0.05) is 18.6 Å². The summed E-state index contributed by atoms with van der Waals surface area (Å²) in [6.07, 6.45) is 1.10. The molecule has 0 heterocycles. The molecule has 0 aromatic heterocycles. The molecule has 2 heteroatoms. The Labute approximate surface area is 112 Å². The molecule has 0 aliphatic rings. The molecule has 2 unspecified atom stereocenters. The summed E-state index contributed by atoms with van der Waals surface area (Å²) in [7, 11) is 0. The highest BCUT2D eigenvalue weighted by Crippen LogP contribution is 2.03. The Balaban J connectivity index is 2.33. The maximum Gasteiger partial charge on any atom is 0.0169 e. The SMILES string of the molecule is CCN(CC)CC(C)NC(C)Cc1ccccc1. The van der Waals surface area contributed by atoms with Crippen LogP contribution in [0, 0.1) is 0 Å². The summed E-state index contributed by atoms with van der Waals surface area (Å²) in [5.41, 5.74) is 1.41. The lowest BCUT2D eigenvalue weighted by molar-refractivity contribution is 0.263. The lowest BCUT2D eigenvalue weighted by Crippen LogP contribution is -2.43. The van der Waals surface area contributed by atoms with Crippen LogP contribution in [0.3, 0.4) is 0 Å². The first-order chi connectivity index (χ1) is 8.65. The molecule has 0 saturated carbocycles. The van der Waals surface area contributed by atoms with Gasteiger partial charge in [-0.25, -0.2) is 0 Å². The molecule has 1 N–H and O–H groups in total. The zero-order chi connectivity index (χ0) is 13.4. The summed E-state index contributed by atoms with van der Waals surface area (Å²) in [5.74, 6) is 0. The standard InChI is InChI=1S/C16H28N2/c1-5-18(6-2)13-15(4)17-14(3)12-16-10-8-7-9-11-16/h7-11,14-15,17H,5-6,12-13H2,1-4H3. The van der Waals surface area contributed by atoms with Crippen molar-refractivity contribution < 1.29 is 0 Å². The van der Waals surface area contributed by atoms with E-state index in [2.05, 4.69) is 68.2 Å². The van der Waals surface area contributed by atoms with E-state index < -0.39 is 0 Å². The monoisotopic (exact) mass is 248 g/mol. The van der Waals surface area contributed by atoms with E-state index in [1.54, 1.807) is 0 Å². The molecule has 1 aromatic carbocycles. The maximum absolute atomic E-state index is 3.69. The van der Waals surface area contributed by atoms with Gasteiger partial charge in [0.25, 0.3) is 0 Å². The second-order valence-corrected chi connectivity index (χ2v) is 5.14. The molecular formula is C16H28N2. The third kappa shape index (κ3) is 5.65. The van der Waals surface area contributed by atoms with Crippen LogP contribution in [0.15, 0.2) is 30.3 Å².